The predicted octanol–water partition coefficient (Wildman–Crippen LogP) is -13.5. The first-order valence-corrected chi connectivity index (χ1v) is 11.5. The minimum absolute atomic E-state index is 0. The van der Waals surface area contributed by atoms with Crippen molar-refractivity contribution in [1.82, 2.24) is 0 Å². The molecule has 6 N–H and O–H groups in total. The van der Waals surface area contributed by atoms with Crippen LogP contribution in [0, 0.1) is 0 Å². The van der Waals surface area contributed by atoms with Crippen LogP contribution in [-0.4, -0.2) is 92.8 Å². The number of thiol groups is 1. The molecule has 0 rings (SSSR count). The van der Waals surface area contributed by atoms with Crippen molar-refractivity contribution < 1.29 is 190 Å². The molecule has 0 aromatic rings. The third kappa shape index (κ3) is 58.2. The van der Waals surface area contributed by atoms with Gasteiger partial charge in [-0.2, -0.15) is 8.42 Å². The first kappa shape index (κ1) is 63.4. The summed E-state index contributed by atoms with van der Waals surface area (Å²) in [4.78, 5) is 88.6. The quantitative estimate of drug-likeness (QED) is 0.0355. The normalized spacial score (nSPS) is 8.48. The summed E-state index contributed by atoms with van der Waals surface area (Å²) in [6, 6.07) is 0. The molecule has 0 heterocycles. The molecule has 0 aliphatic rings. The van der Waals surface area contributed by atoms with Crippen LogP contribution in [0.2, 0.25) is 0 Å². The van der Waals surface area contributed by atoms with Crippen LogP contribution < -0.4 is 104 Å². The molecule has 0 radical (unpaired) electrons. The van der Waals surface area contributed by atoms with Gasteiger partial charge in [0.1, 0.15) is 0 Å². The van der Waals surface area contributed by atoms with Crippen molar-refractivity contribution in [3.05, 3.63) is 60.9 Å². The fraction of sp³-hybridized carbons (Fsp3) is 0.174. The Bertz CT molecular complexity index is 1200. The second-order valence-corrected chi connectivity index (χ2v) is 7.42. The van der Waals surface area contributed by atoms with Gasteiger partial charge in [0, 0.05) is 29.1 Å². The van der Waals surface area contributed by atoms with E-state index in [0.717, 1.165) is 6.26 Å². The smallest absolute Gasteiger partial charge is 0.550 e. The average molecular weight is 738 g/mol. The zero-order valence-electron chi connectivity index (χ0n) is 25.6. The number of hydrogen-bond acceptors (Lipinski definition) is 15. The summed E-state index contributed by atoms with van der Waals surface area (Å²) in [5, 5.41) is 77.9. The van der Waals surface area contributed by atoms with Crippen molar-refractivity contribution in [2.45, 2.75) is 25.7 Å². The van der Waals surface area contributed by atoms with Crippen molar-refractivity contribution in [3.63, 3.8) is 0 Å². The van der Waals surface area contributed by atoms with Gasteiger partial charge in [0.2, 0.25) is 0 Å². The van der Waals surface area contributed by atoms with E-state index < -0.39 is 96.0 Å². The van der Waals surface area contributed by atoms with E-state index in [1.54, 1.807) is 0 Å². The van der Waals surface area contributed by atoms with Crippen LogP contribution in [0.15, 0.2) is 60.9 Å². The Labute approximate surface area is 338 Å². The van der Waals surface area contributed by atoms with Gasteiger partial charge in [0.25, 0.3) is 11.0 Å². The van der Waals surface area contributed by atoms with Gasteiger partial charge in [-0.3, -0.25) is 14.4 Å². The van der Waals surface area contributed by atoms with E-state index in [2.05, 4.69) is 30.5 Å². The Morgan fingerprint density at radius 1 is 0.583 bits per heavy atom. The molecule has 0 aliphatic heterocycles. The summed E-state index contributed by atoms with van der Waals surface area (Å²) < 4.78 is 22.4. The molecule has 0 saturated carbocycles. The van der Waals surface area contributed by atoms with E-state index in [1.807, 2.05) is 0 Å². The van der Waals surface area contributed by atoms with E-state index in [1.165, 1.54) is 0 Å². The van der Waals surface area contributed by atoms with Crippen LogP contribution in [0.4, 0.5) is 0 Å². The molecule has 0 aliphatic carbocycles. The second-order valence-electron chi connectivity index (χ2n) is 6.76. The van der Waals surface area contributed by atoms with Crippen LogP contribution in [-0.2, 0) is 58.3 Å². The molecule has 0 fully saturated rings. The SMILES string of the molecule is C=C(CC(=O)O)C(=O)O.C=C(CC(=O)O)C(=O)O.C=C(CC(=O)O)C(=O)O.C=CO[SH](=O)=O.O=C([O-])C=C(CC(=O)[O-])C(=O)[O-].[Na+].[Na+].[Na+]. The molecule has 252 valence electrons. The average Bonchev–Trinajstić information content (AvgIpc) is 2.83. The van der Waals surface area contributed by atoms with Gasteiger partial charge in [-0.05, 0) is 11.6 Å². The number of aliphatic carboxylic acids is 9. The Morgan fingerprint density at radius 2 is 0.854 bits per heavy atom. The number of carboxylic acids is 9. The van der Waals surface area contributed by atoms with Crippen LogP contribution in [0.5, 0.6) is 0 Å². The zero-order chi connectivity index (χ0) is 37.0. The largest absolute Gasteiger partial charge is 1.00 e. The molecule has 21 nitrogen and oxygen atoms in total. The van der Waals surface area contributed by atoms with Gasteiger partial charge in [-0.1, -0.05) is 26.3 Å². The zero-order valence-corrected chi connectivity index (χ0v) is 32.5. The molecule has 0 atom stereocenters. The van der Waals surface area contributed by atoms with Crippen molar-refractivity contribution in [2.24, 2.45) is 0 Å². The minimum Gasteiger partial charge on any atom is -0.550 e. The molecule has 0 aromatic heterocycles. The Kier molecular flexibility index (Phi) is 50.3. The monoisotopic (exact) mass is 738 g/mol. The van der Waals surface area contributed by atoms with Gasteiger partial charge in [0.05, 0.1) is 37.5 Å². The van der Waals surface area contributed by atoms with E-state index in [0.29, 0.717) is 0 Å². The van der Waals surface area contributed by atoms with Crippen LogP contribution >= 0.6 is 0 Å². The Hall–Kier alpha value is -3.32. The molecule has 0 spiro atoms. The number of carboxylic acid groups (broad SMARTS) is 9. The maximum absolute atomic E-state index is 10.0. The fourth-order valence-corrected chi connectivity index (χ4v) is 1.44. The maximum atomic E-state index is 10.0. The van der Waals surface area contributed by atoms with E-state index in [-0.39, 0.29) is 111 Å². The molecular weight excluding hydrogens is 713 g/mol. The molecular formula is C23H25Na3O21S. The van der Waals surface area contributed by atoms with E-state index in [9.17, 15) is 66.9 Å². The number of hydrogen-bond donors (Lipinski definition) is 7. The summed E-state index contributed by atoms with van der Waals surface area (Å²) in [6.07, 6.45) is -1.53. The van der Waals surface area contributed by atoms with Gasteiger partial charge < -0.3 is 64.5 Å². The van der Waals surface area contributed by atoms with Crippen LogP contribution in [0.3, 0.4) is 0 Å². The molecule has 25 heteroatoms. The van der Waals surface area contributed by atoms with Gasteiger partial charge in [-0.15, -0.1) is 0 Å². The molecule has 0 bridgehead atoms. The van der Waals surface area contributed by atoms with Gasteiger partial charge in [0.15, 0.2) is 0 Å². The number of rotatable bonds is 15. The first-order valence-electron chi connectivity index (χ1n) is 10.4. The summed E-state index contributed by atoms with van der Waals surface area (Å²) in [7, 11) is -2.72. The van der Waals surface area contributed by atoms with Crippen LogP contribution in [0.25, 0.3) is 0 Å². The number of carbonyl (C=O) groups is 9. The molecule has 0 unspecified atom stereocenters. The molecule has 0 amide bonds. The first-order chi connectivity index (χ1) is 20.3. The van der Waals surface area contributed by atoms with Gasteiger partial charge >= 0.3 is 124 Å². The van der Waals surface area contributed by atoms with E-state index in [4.69, 9.17) is 30.6 Å². The summed E-state index contributed by atoms with van der Waals surface area (Å²) in [5.41, 5.74) is -1.80. The van der Waals surface area contributed by atoms with Gasteiger partial charge in [-0.25, -0.2) is 14.4 Å². The second kappa shape index (κ2) is 38.1. The summed E-state index contributed by atoms with van der Waals surface area (Å²) in [6.45, 7) is 12.0. The Balaban J connectivity index is -0.0000000693. The minimum atomic E-state index is -2.72. The summed E-state index contributed by atoms with van der Waals surface area (Å²) >= 11 is 0. The predicted molar refractivity (Wildman–Crippen MR) is 136 cm³/mol. The van der Waals surface area contributed by atoms with Crippen molar-refractivity contribution in [2.75, 3.05) is 0 Å². The summed E-state index contributed by atoms with van der Waals surface area (Å²) in [5.74, 6) is -12.7. The third-order valence-electron chi connectivity index (χ3n) is 3.05. The Morgan fingerprint density at radius 3 is 0.938 bits per heavy atom. The van der Waals surface area contributed by atoms with Crippen molar-refractivity contribution >= 4 is 64.7 Å². The molecule has 0 aromatic carbocycles. The molecule has 0 saturated heterocycles. The topological polar surface area (TPSA) is 388 Å². The number of carbonyl (C=O) groups excluding carboxylic acids is 3. The third-order valence-corrected chi connectivity index (χ3v) is 3.37. The fourth-order valence-electron chi connectivity index (χ4n) is 1.32. The van der Waals surface area contributed by atoms with Crippen molar-refractivity contribution in [3.8, 4) is 0 Å². The van der Waals surface area contributed by atoms with Crippen LogP contribution in [0.1, 0.15) is 25.7 Å². The van der Waals surface area contributed by atoms with Crippen molar-refractivity contribution in [1.29, 1.82) is 0 Å². The van der Waals surface area contributed by atoms with E-state index >= 15 is 0 Å². The maximum Gasteiger partial charge on any atom is 1.00 e. The molecule has 48 heavy (non-hydrogen) atoms. The standard InChI is InChI=1S/C6H6O6.3C5H6O4.C2H4O3S.3Na/c7-4(8)1-3(6(11)12)2-5(9)10;3*1-3(5(8)9)2-4(6)7;1-2-5-6(3)4;;;/h1H,2H2,(H,7,8)(H,9,10)(H,11,12);3*1-2H2,(H,6,7)(H,8,9);2,6H,1H2;;;/q;;;;;3*+1/p-3.